The lowest BCUT2D eigenvalue weighted by Gasteiger charge is -2.23. The molecule has 1 N–H and O–H groups in total. The van der Waals surface area contributed by atoms with Gasteiger partial charge in [-0.1, -0.05) is 6.92 Å². The van der Waals surface area contributed by atoms with E-state index in [9.17, 15) is 14.0 Å². The lowest BCUT2D eigenvalue weighted by molar-refractivity contribution is -0.138. The third kappa shape index (κ3) is 5.22. The van der Waals surface area contributed by atoms with Crippen LogP contribution in [-0.2, 0) is 9.59 Å². The summed E-state index contributed by atoms with van der Waals surface area (Å²) in [6.07, 6.45) is 3.55. The van der Waals surface area contributed by atoms with Gasteiger partial charge in [-0.15, -0.1) is 0 Å². The van der Waals surface area contributed by atoms with Crippen molar-refractivity contribution in [3.05, 3.63) is 30.1 Å². The summed E-state index contributed by atoms with van der Waals surface area (Å²) in [5.41, 5.74) is 0. The third-order valence-electron chi connectivity index (χ3n) is 4.04. The number of carbonyl (C=O) groups is 2. The summed E-state index contributed by atoms with van der Waals surface area (Å²) < 4.78 is 18.2. The number of rotatable bonds is 8. The maximum Gasteiger partial charge on any atom is 0.242 e. The van der Waals surface area contributed by atoms with Crippen molar-refractivity contribution in [2.45, 2.75) is 45.1 Å². The van der Waals surface area contributed by atoms with Crippen LogP contribution in [0.2, 0.25) is 0 Å². The molecule has 24 heavy (non-hydrogen) atoms. The smallest absolute Gasteiger partial charge is 0.242 e. The molecule has 1 aliphatic rings. The molecule has 1 fully saturated rings. The van der Waals surface area contributed by atoms with Gasteiger partial charge in [0, 0.05) is 19.5 Å². The van der Waals surface area contributed by atoms with Gasteiger partial charge in [0.05, 0.1) is 6.61 Å². The first-order chi connectivity index (χ1) is 11.6. The van der Waals surface area contributed by atoms with E-state index >= 15 is 0 Å². The highest BCUT2D eigenvalue weighted by atomic mass is 19.1. The molecule has 0 saturated carbocycles. The lowest BCUT2D eigenvalue weighted by Crippen LogP contribution is -2.46. The quantitative estimate of drug-likeness (QED) is 0.742. The highest BCUT2D eigenvalue weighted by molar-refractivity contribution is 5.88. The molecule has 0 radical (unpaired) electrons. The molecular weight excluding hydrogens is 311 g/mol. The molecule has 6 heteroatoms. The zero-order valence-electron chi connectivity index (χ0n) is 14.1. The third-order valence-corrected chi connectivity index (χ3v) is 4.04. The molecule has 0 aliphatic carbocycles. The van der Waals surface area contributed by atoms with Crippen molar-refractivity contribution in [2.24, 2.45) is 0 Å². The van der Waals surface area contributed by atoms with Crippen LogP contribution in [0.15, 0.2) is 24.3 Å². The minimum absolute atomic E-state index is 0.0646. The SMILES string of the molecule is CCCC(=O)N1CCCC1C(=O)NCCCOc1ccc(F)cc1. The van der Waals surface area contributed by atoms with Gasteiger partial charge >= 0.3 is 0 Å². The number of amides is 2. The normalized spacial score (nSPS) is 16.9. The molecule has 2 rings (SSSR count). The van der Waals surface area contributed by atoms with Crippen LogP contribution < -0.4 is 10.1 Å². The van der Waals surface area contributed by atoms with Gasteiger partial charge in [0.25, 0.3) is 0 Å². The Kier molecular flexibility index (Phi) is 7.03. The summed E-state index contributed by atoms with van der Waals surface area (Å²) in [5.74, 6) is 0.289. The van der Waals surface area contributed by atoms with Gasteiger partial charge in [-0.2, -0.15) is 0 Å². The van der Waals surface area contributed by atoms with Crippen molar-refractivity contribution in [1.29, 1.82) is 0 Å². The van der Waals surface area contributed by atoms with Crippen LogP contribution in [0.25, 0.3) is 0 Å². The van der Waals surface area contributed by atoms with E-state index in [4.69, 9.17) is 4.74 Å². The first-order valence-corrected chi connectivity index (χ1v) is 8.57. The Bertz CT molecular complexity index is 548. The Labute approximate surface area is 142 Å². The van der Waals surface area contributed by atoms with Gasteiger partial charge in [-0.25, -0.2) is 4.39 Å². The summed E-state index contributed by atoms with van der Waals surface area (Å²) >= 11 is 0. The van der Waals surface area contributed by atoms with Crippen LogP contribution in [0.3, 0.4) is 0 Å². The number of benzene rings is 1. The Hall–Kier alpha value is -2.11. The van der Waals surface area contributed by atoms with Crippen molar-refractivity contribution in [1.82, 2.24) is 10.2 Å². The first kappa shape index (κ1) is 18.2. The Morgan fingerprint density at radius 2 is 2.08 bits per heavy atom. The standard InChI is InChI=1S/C18H25FN2O3/c1-2-5-17(22)21-12-3-6-16(21)18(23)20-11-4-13-24-15-9-7-14(19)8-10-15/h7-10,16H,2-6,11-13H2,1H3,(H,20,23). The van der Waals surface area contributed by atoms with Gasteiger partial charge < -0.3 is 15.0 Å². The van der Waals surface area contributed by atoms with Gasteiger partial charge in [-0.3, -0.25) is 9.59 Å². The lowest BCUT2D eigenvalue weighted by atomic mass is 10.2. The average Bonchev–Trinajstić information content (AvgIpc) is 3.06. The van der Waals surface area contributed by atoms with E-state index in [0.29, 0.717) is 38.3 Å². The Morgan fingerprint density at radius 3 is 2.79 bits per heavy atom. The molecule has 1 aliphatic heterocycles. The largest absolute Gasteiger partial charge is 0.494 e. The van der Waals surface area contributed by atoms with Crippen LogP contribution in [0, 0.1) is 5.82 Å². The predicted octanol–water partition coefficient (Wildman–Crippen LogP) is 2.50. The molecule has 1 aromatic carbocycles. The molecule has 0 bridgehead atoms. The minimum Gasteiger partial charge on any atom is -0.494 e. The maximum atomic E-state index is 12.8. The van der Waals surface area contributed by atoms with Crippen LogP contribution in [0.1, 0.15) is 39.0 Å². The van der Waals surface area contributed by atoms with E-state index in [0.717, 1.165) is 19.3 Å². The Balaban J connectivity index is 1.67. The predicted molar refractivity (Wildman–Crippen MR) is 89.2 cm³/mol. The number of ether oxygens (including phenoxy) is 1. The van der Waals surface area contributed by atoms with Crippen molar-refractivity contribution in [3.8, 4) is 5.75 Å². The molecule has 1 unspecified atom stereocenters. The monoisotopic (exact) mass is 336 g/mol. The minimum atomic E-state index is -0.331. The molecule has 1 heterocycles. The van der Waals surface area contributed by atoms with E-state index in [2.05, 4.69) is 5.32 Å². The van der Waals surface area contributed by atoms with E-state index in [1.807, 2.05) is 6.92 Å². The van der Waals surface area contributed by atoms with E-state index in [1.54, 1.807) is 17.0 Å². The van der Waals surface area contributed by atoms with E-state index < -0.39 is 0 Å². The van der Waals surface area contributed by atoms with Gasteiger partial charge in [0.2, 0.25) is 11.8 Å². The fourth-order valence-corrected chi connectivity index (χ4v) is 2.82. The molecule has 2 amide bonds. The summed E-state index contributed by atoms with van der Waals surface area (Å²) in [7, 11) is 0. The van der Waals surface area contributed by atoms with E-state index in [-0.39, 0.29) is 23.7 Å². The summed E-state index contributed by atoms with van der Waals surface area (Å²) in [6.45, 7) is 3.57. The second-order valence-electron chi connectivity index (χ2n) is 5.94. The van der Waals surface area contributed by atoms with Crippen molar-refractivity contribution >= 4 is 11.8 Å². The number of hydrogen-bond acceptors (Lipinski definition) is 3. The molecular formula is C18H25FN2O3. The number of nitrogens with zero attached hydrogens (tertiary/aromatic N) is 1. The number of hydrogen-bond donors (Lipinski definition) is 1. The number of halogens is 1. The highest BCUT2D eigenvalue weighted by Crippen LogP contribution is 2.19. The first-order valence-electron chi connectivity index (χ1n) is 8.57. The topological polar surface area (TPSA) is 58.6 Å². The molecule has 132 valence electrons. The summed E-state index contributed by atoms with van der Waals surface area (Å²) in [4.78, 5) is 26.0. The number of nitrogens with one attached hydrogen (secondary N) is 1. The van der Waals surface area contributed by atoms with Gasteiger partial charge in [0.1, 0.15) is 17.6 Å². The Morgan fingerprint density at radius 1 is 1.33 bits per heavy atom. The molecule has 0 spiro atoms. The van der Waals surface area contributed by atoms with Crippen molar-refractivity contribution in [3.63, 3.8) is 0 Å². The molecule has 5 nitrogen and oxygen atoms in total. The maximum absolute atomic E-state index is 12.8. The second-order valence-corrected chi connectivity index (χ2v) is 5.94. The van der Waals surface area contributed by atoms with Crippen molar-refractivity contribution < 1.29 is 18.7 Å². The van der Waals surface area contributed by atoms with Crippen LogP contribution >= 0.6 is 0 Å². The fraction of sp³-hybridized carbons (Fsp3) is 0.556. The van der Waals surface area contributed by atoms with Gasteiger partial charge in [-0.05, 0) is 49.9 Å². The van der Waals surface area contributed by atoms with E-state index in [1.165, 1.54) is 12.1 Å². The van der Waals surface area contributed by atoms with Crippen LogP contribution in [0.5, 0.6) is 5.75 Å². The second kappa shape index (κ2) is 9.25. The van der Waals surface area contributed by atoms with Crippen LogP contribution in [-0.4, -0.2) is 42.5 Å². The fourth-order valence-electron chi connectivity index (χ4n) is 2.82. The zero-order chi connectivity index (χ0) is 17.4. The summed E-state index contributed by atoms with van der Waals surface area (Å²) in [6, 6.07) is 5.51. The van der Waals surface area contributed by atoms with Crippen molar-refractivity contribution in [2.75, 3.05) is 19.7 Å². The molecule has 1 atom stereocenters. The van der Waals surface area contributed by atoms with Crippen LogP contribution in [0.4, 0.5) is 4.39 Å². The molecule has 1 aromatic rings. The molecule has 0 aromatic heterocycles. The molecule has 1 saturated heterocycles. The highest BCUT2D eigenvalue weighted by Gasteiger charge is 2.33. The summed E-state index contributed by atoms with van der Waals surface area (Å²) in [5, 5.41) is 2.87. The zero-order valence-corrected chi connectivity index (χ0v) is 14.1. The number of likely N-dealkylation sites (tertiary alicyclic amines) is 1. The number of carbonyl (C=O) groups excluding carboxylic acids is 2. The average molecular weight is 336 g/mol. The van der Waals surface area contributed by atoms with Gasteiger partial charge in [0.15, 0.2) is 0 Å².